The van der Waals surface area contributed by atoms with E-state index in [1.54, 1.807) is 6.92 Å². The lowest BCUT2D eigenvalue weighted by Gasteiger charge is -2.16. The van der Waals surface area contributed by atoms with Crippen LogP contribution in [0.2, 0.25) is 0 Å². The standard InChI is InChI=1S/C8H12O6/c1-2-13-3-4(9)7-5(10)6(11)8(12)14-7/h4,7,9-11H,2-3H2,1H3. The van der Waals surface area contributed by atoms with Crippen molar-refractivity contribution >= 4 is 5.97 Å². The molecule has 0 amide bonds. The van der Waals surface area contributed by atoms with Gasteiger partial charge in [-0.15, -0.1) is 0 Å². The first-order valence-electron chi connectivity index (χ1n) is 4.16. The lowest BCUT2D eigenvalue weighted by atomic mass is 10.2. The number of hydrogen-bond donors (Lipinski definition) is 3. The summed E-state index contributed by atoms with van der Waals surface area (Å²) in [7, 11) is 0. The predicted molar refractivity (Wildman–Crippen MR) is 44.7 cm³/mol. The Morgan fingerprint density at radius 2 is 2.21 bits per heavy atom. The Kier molecular flexibility index (Phi) is 3.32. The maximum absolute atomic E-state index is 10.7. The third-order valence-electron chi connectivity index (χ3n) is 1.78. The number of cyclic esters (lactones) is 1. The van der Waals surface area contributed by atoms with Crippen LogP contribution in [0, 0.1) is 0 Å². The molecule has 1 aliphatic heterocycles. The Hall–Kier alpha value is -1.27. The van der Waals surface area contributed by atoms with Crippen molar-refractivity contribution in [3.63, 3.8) is 0 Å². The maximum atomic E-state index is 10.7. The Morgan fingerprint density at radius 3 is 2.64 bits per heavy atom. The van der Waals surface area contributed by atoms with Crippen LogP contribution in [-0.4, -0.2) is 46.7 Å². The molecule has 0 fully saturated rings. The topological polar surface area (TPSA) is 96.2 Å². The van der Waals surface area contributed by atoms with Gasteiger partial charge in [-0.2, -0.15) is 0 Å². The summed E-state index contributed by atoms with van der Waals surface area (Å²) in [5.41, 5.74) is 0. The molecule has 80 valence electrons. The lowest BCUT2D eigenvalue weighted by Crippen LogP contribution is -2.32. The summed E-state index contributed by atoms with van der Waals surface area (Å²) in [6, 6.07) is 0. The van der Waals surface area contributed by atoms with Gasteiger partial charge < -0.3 is 24.8 Å². The maximum Gasteiger partial charge on any atom is 0.377 e. The molecule has 14 heavy (non-hydrogen) atoms. The van der Waals surface area contributed by atoms with Crippen molar-refractivity contribution in [1.82, 2.24) is 0 Å². The summed E-state index contributed by atoms with van der Waals surface area (Å²) in [4.78, 5) is 10.7. The molecule has 0 aromatic heterocycles. The number of rotatable bonds is 4. The van der Waals surface area contributed by atoms with Crippen LogP contribution in [0.3, 0.4) is 0 Å². The van der Waals surface area contributed by atoms with Crippen molar-refractivity contribution < 1.29 is 29.6 Å². The second-order valence-corrected chi connectivity index (χ2v) is 2.79. The first-order valence-corrected chi connectivity index (χ1v) is 4.16. The zero-order valence-corrected chi connectivity index (χ0v) is 7.64. The van der Waals surface area contributed by atoms with Crippen LogP contribution in [0.1, 0.15) is 6.92 Å². The average molecular weight is 204 g/mol. The Balaban J connectivity index is 2.59. The van der Waals surface area contributed by atoms with Crippen molar-refractivity contribution in [2.75, 3.05) is 13.2 Å². The fourth-order valence-electron chi connectivity index (χ4n) is 1.05. The highest BCUT2D eigenvalue weighted by atomic mass is 16.6. The SMILES string of the molecule is CCOCC(O)C1OC(=O)C(O)=C1O. The molecule has 0 aromatic rings. The second kappa shape index (κ2) is 4.30. The predicted octanol–water partition coefficient (Wildman–Crippen LogP) is -0.363. The van der Waals surface area contributed by atoms with Crippen molar-refractivity contribution in [3.8, 4) is 0 Å². The van der Waals surface area contributed by atoms with Crippen LogP contribution in [-0.2, 0) is 14.3 Å². The van der Waals surface area contributed by atoms with E-state index in [2.05, 4.69) is 4.74 Å². The third-order valence-corrected chi connectivity index (χ3v) is 1.78. The molecule has 0 spiro atoms. The Labute approximate surface area is 80.4 Å². The number of carbonyl (C=O) groups is 1. The minimum absolute atomic E-state index is 0.0776. The van der Waals surface area contributed by atoms with Crippen LogP contribution >= 0.6 is 0 Å². The summed E-state index contributed by atoms with van der Waals surface area (Å²) in [6.45, 7) is 2.06. The summed E-state index contributed by atoms with van der Waals surface area (Å²) in [5.74, 6) is -2.55. The van der Waals surface area contributed by atoms with E-state index >= 15 is 0 Å². The molecule has 0 aromatic carbocycles. The van der Waals surface area contributed by atoms with E-state index in [1.807, 2.05) is 0 Å². The van der Waals surface area contributed by atoms with E-state index < -0.39 is 29.7 Å². The third kappa shape index (κ3) is 1.97. The van der Waals surface area contributed by atoms with Gasteiger partial charge in [-0.25, -0.2) is 4.79 Å². The molecule has 1 heterocycles. The largest absolute Gasteiger partial charge is 0.505 e. The van der Waals surface area contributed by atoms with Gasteiger partial charge in [-0.1, -0.05) is 0 Å². The average Bonchev–Trinajstić information content (AvgIpc) is 2.42. The van der Waals surface area contributed by atoms with Gasteiger partial charge in [0.05, 0.1) is 6.61 Å². The normalized spacial score (nSPS) is 23.9. The molecule has 3 N–H and O–H groups in total. The smallest absolute Gasteiger partial charge is 0.377 e. The molecule has 0 saturated heterocycles. The molecule has 1 rings (SSSR count). The van der Waals surface area contributed by atoms with Crippen LogP contribution < -0.4 is 0 Å². The number of carbonyl (C=O) groups excluding carboxylic acids is 1. The highest BCUT2D eigenvalue weighted by Gasteiger charge is 2.39. The minimum Gasteiger partial charge on any atom is -0.505 e. The number of hydrogen-bond acceptors (Lipinski definition) is 6. The monoisotopic (exact) mass is 204 g/mol. The van der Waals surface area contributed by atoms with Crippen LogP contribution in [0.5, 0.6) is 0 Å². The van der Waals surface area contributed by atoms with Gasteiger partial charge in [-0.05, 0) is 6.92 Å². The molecule has 2 atom stereocenters. The van der Waals surface area contributed by atoms with Crippen molar-refractivity contribution in [1.29, 1.82) is 0 Å². The summed E-state index contributed by atoms with van der Waals surface area (Å²) < 4.78 is 9.37. The fraction of sp³-hybridized carbons (Fsp3) is 0.625. The molecule has 2 unspecified atom stereocenters. The first-order chi connectivity index (χ1) is 6.57. The molecule has 0 saturated carbocycles. The zero-order chi connectivity index (χ0) is 10.7. The summed E-state index contributed by atoms with van der Waals surface area (Å²) >= 11 is 0. The van der Waals surface area contributed by atoms with Crippen LogP contribution in [0.15, 0.2) is 11.5 Å². The summed E-state index contributed by atoms with van der Waals surface area (Å²) in [6.07, 6.45) is -2.41. The van der Waals surface area contributed by atoms with E-state index in [-0.39, 0.29) is 6.61 Å². The molecule has 0 radical (unpaired) electrons. The fourth-order valence-corrected chi connectivity index (χ4v) is 1.05. The highest BCUT2D eigenvalue weighted by Crippen LogP contribution is 2.21. The number of aliphatic hydroxyl groups is 3. The van der Waals surface area contributed by atoms with Gasteiger partial charge >= 0.3 is 5.97 Å². The van der Waals surface area contributed by atoms with Gasteiger partial charge in [0, 0.05) is 6.61 Å². The lowest BCUT2D eigenvalue weighted by molar-refractivity contribution is -0.148. The molecular formula is C8H12O6. The van der Waals surface area contributed by atoms with Gasteiger partial charge in [0.1, 0.15) is 6.10 Å². The van der Waals surface area contributed by atoms with Crippen molar-refractivity contribution in [2.45, 2.75) is 19.1 Å². The number of aliphatic hydroxyl groups excluding tert-OH is 3. The molecule has 6 nitrogen and oxygen atoms in total. The molecule has 0 bridgehead atoms. The van der Waals surface area contributed by atoms with Gasteiger partial charge in [0.25, 0.3) is 0 Å². The second-order valence-electron chi connectivity index (χ2n) is 2.79. The van der Waals surface area contributed by atoms with E-state index in [9.17, 15) is 9.90 Å². The van der Waals surface area contributed by atoms with Gasteiger partial charge in [0.15, 0.2) is 11.9 Å². The zero-order valence-electron chi connectivity index (χ0n) is 7.64. The Morgan fingerprint density at radius 1 is 1.57 bits per heavy atom. The highest BCUT2D eigenvalue weighted by molar-refractivity contribution is 5.89. The van der Waals surface area contributed by atoms with Gasteiger partial charge in [-0.3, -0.25) is 0 Å². The molecule has 1 aliphatic rings. The molecular weight excluding hydrogens is 192 g/mol. The van der Waals surface area contributed by atoms with Crippen molar-refractivity contribution in [2.24, 2.45) is 0 Å². The summed E-state index contributed by atoms with van der Waals surface area (Å²) in [5, 5.41) is 27.5. The molecule has 0 aliphatic carbocycles. The van der Waals surface area contributed by atoms with Crippen LogP contribution in [0.4, 0.5) is 0 Å². The van der Waals surface area contributed by atoms with E-state index in [0.29, 0.717) is 6.61 Å². The quantitative estimate of drug-likeness (QED) is 0.541. The van der Waals surface area contributed by atoms with E-state index in [4.69, 9.17) is 14.9 Å². The van der Waals surface area contributed by atoms with E-state index in [1.165, 1.54) is 0 Å². The van der Waals surface area contributed by atoms with Gasteiger partial charge in [0.2, 0.25) is 5.76 Å². The number of esters is 1. The number of ether oxygens (including phenoxy) is 2. The van der Waals surface area contributed by atoms with Crippen molar-refractivity contribution in [3.05, 3.63) is 11.5 Å². The minimum atomic E-state index is -1.23. The molecule has 6 heteroatoms. The first kappa shape index (κ1) is 10.8. The Bertz CT molecular complexity index is 259. The van der Waals surface area contributed by atoms with Crippen LogP contribution in [0.25, 0.3) is 0 Å². The van der Waals surface area contributed by atoms with E-state index in [0.717, 1.165) is 0 Å².